The number of rotatable bonds is 4. The summed E-state index contributed by atoms with van der Waals surface area (Å²) < 4.78 is 7.15. The molecule has 0 unspecified atom stereocenters. The number of carbonyl (C=O) groups is 2. The van der Waals surface area contributed by atoms with Gasteiger partial charge in [-0.2, -0.15) is 5.10 Å². The van der Waals surface area contributed by atoms with E-state index in [-0.39, 0.29) is 11.8 Å². The van der Waals surface area contributed by atoms with Crippen LogP contribution in [0.1, 0.15) is 17.4 Å². The largest absolute Gasteiger partial charge is 0.496 e. The Morgan fingerprint density at radius 1 is 0.853 bits per heavy atom. The van der Waals surface area contributed by atoms with Crippen LogP contribution in [0.3, 0.4) is 0 Å². The average molecular weight is 456 g/mol. The van der Waals surface area contributed by atoms with E-state index in [0.29, 0.717) is 49.0 Å². The van der Waals surface area contributed by atoms with Crippen LogP contribution < -0.4 is 4.74 Å². The summed E-state index contributed by atoms with van der Waals surface area (Å²) in [5, 5.41) is 4.73. The number of ether oxygens (including phenoxy) is 1. The summed E-state index contributed by atoms with van der Waals surface area (Å²) in [5.41, 5.74) is 4.11. The van der Waals surface area contributed by atoms with Crippen LogP contribution in [0, 0.1) is 0 Å². The molecule has 1 aliphatic heterocycles. The lowest BCUT2D eigenvalue weighted by Crippen LogP contribution is -2.50. The first-order chi connectivity index (χ1) is 16.5. The number of para-hydroxylation sites is 1. The highest BCUT2D eigenvalue weighted by Gasteiger charge is 2.26. The Morgan fingerprint density at radius 2 is 1.53 bits per heavy atom. The van der Waals surface area contributed by atoms with Crippen LogP contribution in [0.5, 0.6) is 5.75 Å². The Labute approximate surface area is 197 Å². The molecule has 2 aromatic carbocycles. The third kappa shape index (κ3) is 3.98. The Hall–Kier alpha value is -4.20. The second-order valence-electron chi connectivity index (χ2n) is 8.19. The van der Waals surface area contributed by atoms with E-state index in [0.717, 1.165) is 16.8 Å². The molecule has 0 radical (unpaired) electrons. The van der Waals surface area contributed by atoms with Crippen LogP contribution in [-0.2, 0) is 4.79 Å². The number of hydrogen-bond acceptors (Lipinski definition) is 5. The van der Waals surface area contributed by atoms with Crippen molar-refractivity contribution in [3.05, 3.63) is 72.4 Å². The predicted octanol–water partition coefficient (Wildman–Crippen LogP) is 3.38. The highest BCUT2D eigenvalue weighted by Crippen LogP contribution is 2.30. The van der Waals surface area contributed by atoms with Crippen molar-refractivity contribution in [3.63, 3.8) is 0 Å². The third-order valence-electron chi connectivity index (χ3n) is 6.11. The van der Waals surface area contributed by atoms with E-state index >= 15 is 0 Å². The van der Waals surface area contributed by atoms with Gasteiger partial charge >= 0.3 is 0 Å². The number of piperazine rings is 1. The molecule has 1 aliphatic rings. The molecule has 8 nitrogen and oxygen atoms in total. The van der Waals surface area contributed by atoms with Crippen molar-refractivity contribution >= 4 is 17.5 Å². The summed E-state index contributed by atoms with van der Waals surface area (Å²) >= 11 is 0. The molecule has 172 valence electrons. The van der Waals surface area contributed by atoms with Gasteiger partial charge in [0.15, 0.2) is 5.65 Å². The van der Waals surface area contributed by atoms with Crippen molar-refractivity contribution in [2.45, 2.75) is 6.92 Å². The van der Waals surface area contributed by atoms with Crippen molar-refractivity contribution in [1.29, 1.82) is 0 Å². The highest BCUT2D eigenvalue weighted by atomic mass is 16.5. The second kappa shape index (κ2) is 8.97. The maximum atomic E-state index is 13.7. The summed E-state index contributed by atoms with van der Waals surface area (Å²) in [6, 6.07) is 21.1. The number of hydrogen-bond donors (Lipinski definition) is 0. The quantitative estimate of drug-likeness (QED) is 0.471. The molecule has 1 fully saturated rings. The molecule has 1 saturated heterocycles. The van der Waals surface area contributed by atoms with Crippen molar-refractivity contribution in [2.75, 3.05) is 33.3 Å². The lowest BCUT2D eigenvalue weighted by atomic mass is 10.1. The maximum absolute atomic E-state index is 13.7. The fourth-order valence-electron chi connectivity index (χ4n) is 4.26. The van der Waals surface area contributed by atoms with Crippen molar-refractivity contribution in [3.8, 4) is 28.3 Å². The van der Waals surface area contributed by atoms with Gasteiger partial charge in [0.2, 0.25) is 5.91 Å². The number of amides is 2. The van der Waals surface area contributed by atoms with Crippen LogP contribution in [0.4, 0.5) is 0 Å². The van der Waals surface area contributed by atoms with Gasteiger partial charge in [0.1, 0.15) is 11.4 Å². The van der Waals surface area contributed by atoms with E-state index in [1.165, 1.54) is 0 Å². The molecule has 4 aromatic rings. The smallest absolute Gasteiger partial charge is 0.272 e. The van der Waals surface area contributed by atoms with Gasteiger partial charge in [0.25, 0.3) is 5.91 Å². The highest BCUT2D eigenvalue weighted by molar-refractivity contribution is 5.95. The van der Waals surface area contributed by atoms with Crippen molar-refractivity contribution in [1.82, 2.24) is 24.4 Å². The van der Waals surface area contributed by atoms with Gasteiger partial charge in [-0.1, -0.05) is 42.5 Å². The van der Waals surface area contributed by atoms with E-state index in [4.69, 9.17) is 14.8 Å². The van der Waals surface area contributed by atoms with E-state index in [9.17, 15) is 9.59 Å². The molecule has 0 aliphatic carbocycles. The second-order valence-corrected chi connectivity index (χ2v) is 8.19. The van der Waals surface area contributed by atoms with E-state index in [2.05, 4.69) is 0 Å². The van der Waals surface area contributed by atoms with Gasteiger partial charge in [-0.25, -0.2) is 9.50 Å². The van der Waals surface area contributed by atoms with E-state index in [1.807, 2.05) is 60.7 Å². The molecular weight excluding hydrogens is 430 g/mol. The summed E-state index contributed by atoms with van der Waals surface area (Å²) in [6.45, 7) is 3.53. The first-order valence-corrected chi connectivity index (χ1v) is 11.2. The van der Waals surface area contributed by atoms with Crippen molar-refractivity contribution < 1.29 is 14.3 Å². The minimum Gasteiger partial charge on any atom is -0.496 e. The van der Waals surface area contributed by atoms with E-state index in [1.54, 1.807) is 34.4 Å². The molecule has 2 amide bonds. The lowest BCUT2D eigenvalue weighted by molar-refractivity contribution is -0.130. The normalized spacial score (nSPS) is 13.8. The minimum atomic E-state index is -0.144. The Bertz CT molecular complexity index is 1360. The molecule has 3 heterocycles. The standard InChI is InChI=1S/C26H25N5O3/c1-18(32)29-12-14-30(15-13-29)26(33)23-16-22(20-10-6-7-11-24(20)34-2)27-25-17-21(28-31(23)25)19-8-4-3-5-9-19/h3-11,16-17H,12-15H2,1-2H3. The summed E-state index contributed by atoms with van der Waals surface area (Å²) in [6.07, 6.45) is 0. The number of methoxy groups -OCH3 is 1. The first kappa shape index (κ1) is 21.6. The molecule has 0 spiro atoms. The number of aromatic nitrogens is 3. The Kier molecular flexibility index (Phi) is 5.71. The monoisotopic (exact) mass is 455 g/mol. The lowest BCUT2D eigenvalue weighted by Gasteiger charge is -2.34. The van der Waals surface area contributed by atoms with Gasteiger partial charge in [0.05, 0.1) is 18.5 Å². The SMILES string of the molecule is COc1ccccc1-c1cc(C(=O)N2CCN(C(C)=O)CC2)n2nc(-c3ccccc3)cc2n1. The zero-order valence-corrected chi connectivity index (χ0v) is 19.1. The fourth-order valence-corrected chi connectivity index (χ4v) is 4.26. The molecule has 0 bridgehead atoms. The molecule has 2 aromatic heterocycles. The molecule has 5 rings (SSSR count). The molecule has 34 heavy (non-hydrogen) atoms. The van der Waals surface area contributed by atoms with Gasteiger partial charge < -0.3 is 14.5 Å². The molecule has 0 atom stereocenters. The van der Waals surface area contributed by atoms with Crippen LogP contribution >= 0.6 is 0 Å². The molecule has 0 N–H and O–H groups in total. The molecule has 0 saturated carbocycles. The Balaban J connectivity index is 1.62. The average Bonchev–Trinajstić information content (AvgIpc) is 3.32. The maximum Gasteiger partial charge on any atom is 0.272 e. The van der Waals surface area contributed by atoms with E-state index < -0.39 is 0 Å². The zero-order chi connectivity index (χ0) is 23.7. The third-order valence-corrected chi connectivity index (χ3v) is 6.11. The van der Waals surface area contributed by atoms with Gasteiger partial charge in [-0.15, -0.1) is 0 Å². The number of fused-ring (bicyclic) bond motifs is 1. The predicted molar refractivity (Wildman–Crippen MR) is 129 cm³/mol. The molecule has 8 heteroatoms. The zero-order valence-electron chi connectivity index (χ0n) is 19.1. The summed E-state index contributed by atoms with van der Waals surface area (Å²) in [7, 11) is 1.62. The minimum absolute atomic E-state index is 0.0245. The van der Waals surface area contributed by atoms with Crippen LogP contribution in [0.15, 0.2) is 66.7 Å². The fraction of sp³-hybridized carbons (Fsp3) is 0.231. The number of benzene rings is 2. The first-order valence-electron chi connectivity index (χ1n) is 11.2. The van der Waals surface area contributed by atoms with Gasteiger partial charge in [-0.3, -0.25) is 9.59 Å². The number of nitrogens with zero attached hydrogens (tertiary/aromatic N) is 5. The van der Waals surface area contributed by atoms with Crippen LogP contribution in [-0.4, -0.2) is 69.5 Å². The van der Waals surface area contributed by atoms with Crippen molar-refractivity contribution in [2.24, 2.45) is 0 Å². The van der Waals surface area contributed by atoms with Gasteiger partial charge in [-0.05, 0) is 18.2 Å². The summed E-state index contributed by atoms with van der Waals surface area (Å²) in [4.78, 5) is 33.7. The topological polar surface area (TPSA) is 80.0 Å². The van der Waals surface area contributed by atoms with Crippen LogP contribution in [0.2, 0.25) is 0 Å². The molecular formula is C26H25N5O3. The Morgan fingerprint density at radius 3 is 2.24 bits per heavy atom. The van der Waals surface area contributed by atoms with Gasteiger partial charge in [0, 0.05) is 50.3 Å². The summed E-state index contributed by atoms with van der Waals surface area (Å²) in [5.74, 6) is 0.557. The number of carbonyl (C=O) groups excluding carboxylic acids is 2. The van der Waals surface area contributed by atoms with Crippen LogP contribution in [0.25, 0.3) is 28.2 Å².